The van der Waals surface area contributed by atoms with Crippen LogP contribution in [0.5, 0.6) is 11.5 Å². The highest BCUT2D eigenvalue weighted by Crippen LogP contribution is 2.26. The fourth-order valence-corrected chi connectivity index (χ4v) is 3.91. The molecule has 4 rings (SSSR count). The molecule has 0 aliphatic rings. The number of nitrogens with one attached hydrogen (secondary N) is 2. The molecule has 0 fully saturated rings. The maximum Gasteiger partial charge on any atom is 0.316 e. The molecule has 34 heavy (non-hydrogen) atoms. The summed E-state index contributed by atoms with van der Waals surface area (Å²) in [6, 6.07) is 34.4. The Morgan fingerprint density at radius 2 is 0.853 bits per heavy atom. The lowest BCUT2D eigenvalue weighted by molar-refractivity contribution is 0.236. The zero-order valence-corrected chi connectivity index (χ0v) is 19.3. The Kier molecular flexibility index (Phi) is 7.45. The van der Waals surface area contributed by atoms with Gasteiger partial charge in [0.15, 0.2) is 0 Å². The third kappa shape index (κ3) is 5.56. The van der Waals surface area contributed by atoms with Crippen LogP contribution in [0.4, 0.5) is 4.79 Å². The fourth-order valence-electron chi connectivity index (χ4n) is 3.91. The van der Waals surface area contributed by atoms with Crippen molar-refractivity contribution in [2.24, 2.45) is 0 Å². The van der Waals surface area contributed by atoms with E-state index >= 15 is 0 Å². The Labute approximate surface area is 200 Å². The molecule has 2 amide bonds. The molecular formula is C29H28N2O3. The molecule has 5 nitrogen and oxygen atoms in total. The summed E-state index contributed by atoms with van der Waals surface area (Å²) >= 11 is 0. The minimum absolute atomic E-state index is 0.269. The van der Waals surface area contributed by atoms with Gasteiger partial charge in [-0.1, -0.05) is 84.9 Å². The van der Waals surface area contributed by atoms with E-state index in [9.17, 15) is 4.79 Å². The van der Waals surface area contributed by atoms with E-state index < -0.39 is 0 Å². The number of carbonyl (C=O) groups is 1. The van der Waals surface area contributed by atoms with Crippen LogP contribution in [0.2, 0.25) is 0 Å². The van der Waals surface area contributed by atoms with Gasteiger partial charge in [0.05, 0.1) is 26.3 Å². The van der Waals surface area contributed by atoms with Crippen molar-refractivity contribution in [3.63, 3.8) is 0 Å². The first-order chi connectivity index (χ1) is 16.7. The molecule has 0 saturated heterocycles. The van der Waals surface area contributed by atoms with E-state index in [1.54, 1.807) is 14.2 Å². The van der Waals surface area contributed by atoms with Crippen molar-refractivity contribution in [1.82, 2.24) is 10.6 Å². The Balaban J connectivity index is 1.61. The van der Waals surface area contributed by atoms with Gasteiger partial charge in [-0.05, 0) is 46.5 Å². The van der Waals surface area contributed by atoms with E-state index in [1.165, 1.54) is 0 Å². The molecule has 0 aliphatic heterocycles. The van der Waals surface area contributed by atoms with Crippen LogP contribution in [-0.2, 0) is 0 Å². The third-order valence-corrected chi connectivity index (χ3v) is 5.71. The molecule has 2 unspecified atom stereocenters. The lowest BCUT2D eigenvalue weighted by Gasteiger charge is -2.24. The summed E-state index contributed by atoms with van der Waals surface area (Å²) in [7, 11) is 3.27. The van der Waals surface area contributed by atoms with E-state index in [1.807, 2.05) is 109 Å². The highest BCUT2D eigenvalue weighted by Gasteiger charge is 2.21. The monoisotopic (exact) mass is 452 g/mol. The van der Waals surface area contributed by atoms with Gasteiger partial charge in [-0.15, -0.1) is 0 Å². The molecule has 0 spiro atoms. The lowest BCUT2D eigenvalue weighted by atomic mass is 9.98. The second-order valence-corrected chi connectivity index (χ2v) is 7.85. The maximum absolute atomic E-state index is 13.3. The number of hydrogen-bond acceptors (Lipinski definition) is 3. The topological polar surface area (TPSA) is 59.6 Å². The molecule has 0 saturated carbocycles. The van der Waals surface area contributed by atoms with Gasteiger partial charge in [-0.3, -0.25) is 0 Å². The van der Waals surface area contributed by atoms with Crippen LogP contribution in [0, 0.1) is 0 Å². The first kappa shape index (κ1) is 22.9. The zero-order valence-electron chi connectivity index (χ0n) is 19.3. The number of methoxy groups -OCH3 is 2. The predicted octanol–water partition coefficient (Wildman–Crippen LogP) is 5.88. The van der Waals surface area contributed by atoms with E-state index in [0.717, 1.165) is 33.8 Å². The molecule has 4 aromatic carbocycles. The SMILES string of the molecule is COc1ccc(C(NC(=O)NC(c2ccccc2)c2ccc(OC)cc2)c2ccccc2)cc1. The molecule has 0 aromatic heterocycles. The molecule has 0 heterocycles. The van der Waals surface area contributed by atoms with Crippen LogP contribution in [0.3, 0.4) is 0 Å². The first-order valence-corrected chi connectivity index (χ1v) is 11.1. The Morgan fingerprint density at radius 3 is 1.18 bits per heavy atom. The van der Waals surface area contributed by atoms with Crippen molar-refractivity contribution in [2.75, 3.05) is 14.2 Å². The van der Waals surface area contributed by atoms with Crippen LogP contribution in [0.15, 0.2) is 109 Å². The largest absolute Gasteiger partial charge is 0.497 e. The average molecular weight is 453 g/mol. The normalized spacial score (nSPS) is 12.3. The lowest BCUT2D eigenvalue weighted by Crippen LogP contribution is -2.40. The summed E-state index contributed by atoms with van der Waals surface area (Å²) in [6.07, 6.45) is 0. The molecule has 0 bridgehead atoms. The first-order valence-electron chi connectivity index (χ1n) is 11.1. The second-order valence-electron chi connectivity index (χ2n) is 7.85. The minimum Gasteiger partial charge on any atom is -0.497 e. The van der Waals surface area contributed by atoms with Crippen LogP contribution in [0.1, 0.15) is 34.3 Å². The van der Waals surface area contributed by atoms with Crippen LogP contribution >= 0.6 is 0 Å². The Bertz CT molecular complexity index is 1080. The Morgan fingerprint density at radius 1 is 0.529 bits per heavy atom. The van der Waals surface area contributed by atoms with Crippen molar-refractivity contribution >= 4 is 6.03 Å². The summed E-state index contributed by atoms with van der Waals surface area (Å²) in [5.74, 6) is 1.53. The van der Waals surface area contributed by atoms with Gasteiger partial charge in [0, 0.05) is 0 Å². The fraction of sp³-hybridized carbons (Fsp3) is 0.138. The van der Waals surface area contributed by atoms with Crippen LogP contribution in [-0.4, -0.2) is 20.3 Å². The zero-order chi connectivity index (χ0) is 23.8. The second kappa shape index (κ2) is 11.1. The number of rotatable bonds is 8. The molecular weight excluding hydrogens is 424 g/mol. The van der Waals surface area contributed by atoms with Crippen molar-refractivity contribution in [1.29, 1.82) is 0 Å². The van der Waals surface area contributed by atoms with E-state index in [-0.39, 0.29) is 18.1 Å². The number of amides is 2. The van der Waals surface area contributed by atoms with Crippen LogP contribution in [0.25, 0.3) is 0 Å². The van der Waals surface area contributed by atoms with E-state index in [0.29, 0.717) is 0 Å². The predicted molar refractivity (Wildman–Crippen MR) is 134 cm³/mol. The van der Waals surface area contributed by atoms with E-state index in [4.69, 9.17) is 9.47 Å². The summed E-state index contributed by atoms with van der Waals surface area (Å²) < 4.78 is 10.6. The van der Waals surface area contributed by atoms with Gasteiger partial charge in [-0.25, -0.2) is 4.79 Å². The molecule has 0 radical (unpaired) electrons. The molecule has 5 heteroatoms. The third-order valence-electron chi connectivity index (χ3n) is 5.71. The highest BCUT2D eigenvalue weighted by atomic mass is 16.5. The van der Waals surface area contributed by atoms with Gasteiger partial charge in [0.25, 0.3) is 0 Å². The minimum atomic E-state index is -0.320. The van der Waals surface area contributed by atoms with Crippen molar-refractivity contribution in [3.8, 4) is 11.5 Å². The van der Waals surface area contributed by atoms with Crippen molar-refractivity contribution in [3.05, 3.63) is 131 Å². The molecule has 2 atom stereocenters. The van der Waals surface area contributed by atoms with Gasteiger partial charge < -0.3 is 20.1 Å². The average Bonchev–Trinajstić information content (AvgIpc) is 2.91. The summed E-state index contributed by atoms with van der Waals surface area (Å²) in [6.45, 7) is 0. The quantitative estimate of drug-likeness (QED) is 0.351. The van der Waals surface area contributed by atoms with Crippen molar-refractivity contribution in [2.45, 2.75) is 12.1 Å². The molecule has 2 N–H and O–H groups in total. The molecule has 0 aliphatic carbocycles. The number of hydrogen-bond donors (Lipinski definition) is 2. The number of benzene rings is 4. The smallest absolute Gasteiger partial charge is 0.316 e. The van der Waals surface area contributed by atoms with Gasteiger partial charge in [0.1, 0.15) is 11.5 Å². The van der Waals surface area contributed by atoms with Gasteiger partial charge in [0.2, 0.25) is 0 Å². The molecule has 172 valence electrons. The maximum atomic E-state index is 13.3. The summed E-state index contributed by atoms with van der Waals surface area (Å²) in [5.41, 5.74) is 3.90. The number of ether oxygens (including phenoxy) is 2. The number of urea groups is 1. The Hall–Kier alpha value is -4.25. The van der Waals surface area contributed by atoms with E-state index in [2.05, 4.69) is 10.6 Å². The van der Waals surface area contributed by atoms with Gasteiger partial charge >= 0.3 is 6.03 Å². The summed E-state index contributed by atoms with van der Waals surface area (Å²) in [4.78, 5) is 13.3. The summed E-state index contributed by atoms with van der Waals surface area (Å²) in [5, 5.41) is 6.33. The molecule has 4 aromatic rings. The van der Waals surface area contributed by atoms with Crippen LogP contribution < -0.4 is 20.1 Å². The van der Waals surface area contributed by atoms with Gasteiger partial charge in [-0.2, -0.15) is 0 Å². The standard InChI is InChI=1S/C29H28N2O3/c1-33-25-17-13-23(14-18-25)27(21-9-5-3-6-10-21)30-29(32)31-28(22-11-7-4-8-12-22)24-15-19-26(34-2)20-16-24/h3-20,27-28H,1-2H3,(H2,30,31,32). The van der Waals surface area contributed by atoms with Crippen molar-refractivity contribution < 1.29 is 14.3 Å². The highest BCUT2D eigenvalue weighted by molar-refractivity contribution is 5.76. The number of carbonyl (C=O) groups excluding carboxylic acids is 1.